The third-order valence-corrected chi connectivity index (χ3v) is 6.32. The molecule has 3 aromatic rings. The van der Waals surface area contributed by atoms with Gasteiger partial charge in [0.2, 0.25) is 21.9 Å². The molecule has 0 bridgehead atoms. The molecule has 4 rings (SSSR count). The molecule has 11 heteroatoms. The minimum absolute atomic E-state index is 0.0914. The molecule has 1 aromatic heterocycles. The molecule has 2 aromatic carbocycles. The summed E-state index contributed by atoms with van der Waals surface area (Å²) in [5, 5.41) is 0. The minimum atomic E-state index is -4.42. The largest absolute Gasteiger partial charge is 0.726 e. The highest BCUT2D eigenvalue weighted by molar-refractivity contribution is 7.80. The number of aryl methyl sites for hydroxylation is 1. The maximum Gasteiger partial charge on any atom is 0.374 e. The van der Waals surface area contributed by atoms with Gasteiger partial charge in [-0.05, 0) is 57.0 Å². The summed E-state index contributed by atoms with van der Waals surface area (Å²) in [5.41, 5.74) is 3.98. The smallest absolute Gasteiger partial charge is 0.374 e. The van der Waals surface area contributed by atoms with Crippen LogP contribution in [0.15, 0.2) is 58.3 Å². The molecule has 0 radical (unpaired) electrons. The Hall–Kier alpha value is -3.54. The van der Waals surface area contributed by atoms with E-state index in [1.807, 2.05) is 36.4 Å². The number of fused-ring (bicyclic) bond motifs is 2. The van der Waals surface area contributed by atoms with E-state index in [2.05, 4.69) is 46.6 Å². The Morgan fingerprint density at radius 2 is 1.74 bits per heavy atom. The van der Waals surface area contributed by atoms with Gasteiger partial charge in [-0.2, -0.15) is 4.57 Å². The number of aromatic nitrogens is 1. The first-order valence-corrected chi connectivity index (χ1v) is 13.7. The molecule has 206 valence electrons. The molecule has 0 amide bonds. The molecule has 1 aliphatic heterocycles. The zero-order chi connectivity index (χ0) is 27.9. The van der Waals surface area contributed by atoms with Gasteiger partial charge in [-0.1, -0.05) is 6.92 Å². The van der Waals surface area contributed by atoms with Gasteiger partial charge in [0.1, 0.15) is 18.0 Å². The van der Waals surface area contributed by atoms with E-state index in [9.17, 15) is 13.0 Å². The number of nitrogens with zero attached hydrogens (tertiary/aromatic N) is 2. The molecular formula is C27H34N2O8S. The summed E-state index contributed by atoms with van der Waals surface area (Å²) in [6, 6.07) is 11.7. The molecule has 0 saturated carbocycles. The van der Waals surface area contributed by atoms with Gasteiger partial charge in [0.15, 0.2) is 5.75 Å². The number of methoxy groups -OCH3 is 2. The van der Waals surface area contributed by atoms with E-state index in [4.69, 9.17) is 18.6 Å². The molecule has 0 N–H and O–H groups in total. The van der Waals surface area contributed by atoms with Crippen molar-refractivity contribution >= 4 is 33.3 Å². The molecule has 0 spiro atoms. The number of benzene rings is 2. The fourth-order valence-corrected chi connectivity index (χ4v) is 4.28. The van der Waals surface area contributed by atoms with Gasteiger partial charge >= 0.3 is 5.89 Å². The lowest BCUT2D eigenvalue weighted by Crippen LogP contribution is -2.33. The fraction of sp³-hybridized carbons (Fsp3) is 0.370. The van der Waals surface area contributed by atoms with Crippen LogP contribution in [-0.2, 0) is 21.1 Å². The van der Waals surface area contributed by atoms with Gasteiger partial charge in [-0.3, -0.25) is 4.18 Å². The second-order valence-electron chi connectivity index (χ2n) is 8.07. The third-order valence-electron chi connectivity index (χ3n) is 5.80. The maximum atomic E-state index is 9.45. The average molecular weight is 547 g/mol. The van der Waals surface area contributed by atoms with Crippen LogP contribution < -0.4 is 23.7 Å². The van der Waals surface area contributed by atoms with E-state index in [0.717, 1.165) is 70.9 Å². The zero-order valence-electron chi connectivity index (χ0n) is 22.5. The van der Waals surface area contributed by atoms with E-state index in [0.29, 0.717) is 0 Å². The van der Waals surface area contributed by atoms with E-state index in [-0.39, 0.29) is 6.61 Å². The maximum absolute atomic E-state index is 9.45. The van der Waals surface area contributed by atoms with Crippen LogP contribution in [0, 0.1) is 0 Å². The molecule has 2 heterocycles. The van der Waals surface area contributed by atoms with E-state index < -0.39 is 10.4 Å². The Morgan fingerprint density at radius 3 is 2.29 bits per heavy atom. The number of hydrogen-bond donors (Lipinski definition) is 0. The Morgan fingerprint density at radius 1 is 1.05 bits per heavy atom. The van der Waals surface area contributed by atoms with Crippen molar-refractivity contribution in [3.63, 3.8) is 0 Å². The van der Waals surface area contributed by atoms with Crippen LogP contribution in [0.1, 0.15) is 40.0 Å². The SMILES string of the molecule is CCC(=C\c1oc2ccc(OC)cc2[n+]1CC)/C=C1/Oc2ccc(OC)cc2N1CC.CCOS(=O)(=O)[O-]. The standard InChI is InChI=1S/C25H29N2O4.C2H6O4S/c1-6-17(13-24-26(7-2)20-15-18(28-4)9-11-22(20)30-24)14-25-27(8-3)21-16-19(29-5)10-12-23(21)31-25;1-2-6-7(3,4)5/h9-16H,6-8H2,1-5H3;2H2,1H3,(H,3,4,5)/q+1;/p-1. The van der Waals surface area contributed by atoms with Crippen molar-refractivity contribution in [2.75, 3.05) is 32.3 Å². The highest BCUT2D eigenvalue weighted by Gasteiger charge is 2.26. The summed E-state index contributed by atoms with van der Waals surface area (Å²) in [4.78, 5) is 2.15. The van der Waals surface area contributed by atoms with Crippen LogP contribution in [-0.4, -0.2) is 40.3 Å². The quantitative estimate of drug-likeness (QED) is 0.212. The van der Waals surface area contributed by atoms with Crippen molar-refractivity contribution in [1.29, 1.82) is 0 Å². The second-order valence-corrected chi connectivity index (χ2v) is 9.12. The summed E-state index contributed by atoms with van der Waals surface area (Å²) in [6.07, 6.45) is 5.02. The summed E-state index contributed by atoms with van der Waals surface area (Å²) in [7, 11) is -1.07. The molecule has 0 saturated heterocycles. The van der Waals surface area contributed by atoms with Crippen LogP contribution in [0.25, 0.3) is 17.2 Å². The number of allylic oxidation sites excluding steroid dienone is 2. The highest BCUT2D eigenvalue weighted by Crippen LogP contribution is 2.41. The lowest BCUT2D eigenvalue weighted by atomic mass is 10.2. The number of anilines is 1. The van der Waals surface area contributed by atoms with Gasteiger partial charge in [-0.15, -0.1) is 0 Å². The van der Waals surface area contributed by atoms with Gasteiger partial charge in [-0.25, -0.2) is 8.42 Å². The van der Waals surface area contributed by atoms with Crippen molar-refractivity contribution in [3.8, 4) is 17.2 Å². The lowest BCUT2D eigenvalue weighted by Gasteiger charge is -2.16. The van der Waals surface area contributed by atoms with Crippen LogP contribution >= 0.6 is 0 Å². The predicted molar refractivity (Wildman–Crippen MR) is 143 cm³/mol. The van der Waals surface area contributed by atoms with Crippen LogP contribution in [0.4, 0.5) is 5.69 Å². The van der Waals surface area contributed by atoms with Crippen LogP contribution in [0.2, 0.25) is 0 Å². The Kier molecular flexibility index (Phi) is 9.78. The van der Waals surface area contributed by atoms with E-state index >= 15 is 0 Å². The Balaban J connectivity index is 0.000000505. The molecule has 0 aliphatic carbocycles. The monoisotopic (exact) mass is 546 g/mol. The predicted octanol–water partition coefficient (Wildman–Crippen LogP) is 4.79. The van der Waals surface area contributed by atoms with Gasteiger partial charge in [0, 0.05) is 18.7 Å². The Labute approximate surface area is 223 Å². The molecule has 0 atom stereocenters. The number of oxazole rings is 1. The van der Waals surface area contributed by atoms with Crippen molar-refractivity contribution < 1.29 is 40.3 Å². The number of rotatable bonds is 9. The number of ether oxygens (including phenoxy) is 3. The Bertz CT molecular complexity index is 1430. The molecule has 0 fully saturated rings. The van der Waals surface area contributed by atoms with Crippen LogP contribution in [0.5, 0.6) is 17.2 Å². The topological polar surface area (TPSA) is 114 Å². The normalized spacial score (nSPS) is 14.2. The van der Waals surface area contributed by atoms with Gasteiger partial charge in [0.05, 0.1) is 38.7 Å². The summed E-state index contributed by atoms with van der Waals surface area (Å²) < 4.78 is 57.2. The molecule has 0 unspecified atom stereocenters. The average Bonchev–Trinajstić information content (AvgIpc) is 3.42. The third kappa shape index (κ3) is 6.85. The summed E-state index contributed by atoms with van der Waals surface area (Å²) in [6.45, 7) is 9.27. The second kappa shape index (κ2) is 12.8. The van der Waals surface area contributed by atoms with Gasteiger partial charge < -0.3 is 28.1 Å². The first-order valence-electron chi connectivity index (χ1n) is 12.3. The summed E-state index contributed by atoms with van der Waals surface area (Å²) >= 11 is 0. The lowest BCUT2D eigenvalue weighted by molar-refractivity contribution is -0.674. The molecule has 10 nitrogen and oxygen atoms in total. The molecular weight excluding hydrogens is 512 g/mol. The van der Waals surface area contributed by atoms with Crippen LogP contribution in [0.3, 0.4) is 0 Å². The van der Waals surface area contributed by atoms with Crippen molar-refractivity contribution in [2.45, 2.75) is 40.7 Å². The van der Waals surface area contributed by atoms with Crippen molar-refractivity contribution in [1.82, 2.24) is 0 Å². The first kappa shape index (κ1) is 29.0. The van der Waals surface area contributed by atoms with E-state index in [1.54, 1.807) is 14.2 Å². The van der Waals surface area contributed by atoms with Crippen molar-refractivity contribution in [3.05, 3.63) is 59.8 Å². The number of hydrogen-bond acceptors (Lipinski definition) is 9. The summed E-state index contributed by atoms with van der Waals surface area (Å²) in [5.74, 6) is 4.08. The zero-order valence-corrected chi connectivity index (χ0v) is 23.3. The first-order chi connectivity index (χ1) is 18.2. The highest BCUT2D eigenvalue weighted by atomic mass is 32.3. The molecule has 38 heavy (non-hydrogen) atoms. The van der Waals surface area contributed by atoms with Gasteiger partial charge in [0.25, 0.3) is 5.52 Å². The molecule has 1 aliphatic rings. The minimum Gasteiger partial charge on any atom is -0.726 e. The fourth-order valence-electron chi connectivity index (χ4n) is 3.99. The van der Waals surface area contributed by atoms with Crippen molar-refractivity contribution in [2.24, 2.45) is 0 Å². The van der Waals surface area contributed by atoms with E-state index in [1.165, 1.54) is 6.92 Å².